The van der Waals surface area contributed by atoms with E-state index in [0.29, 0.717) is 18.4 Å². The number of aromatic nitrogens is 2. The number of nitrogens with one attached hydrogen (secondary N) is 1. The maximum atomic E-state index is 13.0. The van der Waals surface area contributed by atoms with E-state index in [2.05, 4.69) is 15.5 Å². The molecule has 1 aliphatic rings. The molecule has 0 spiro atoms. The van der Waals surface area contributed by atoms with Gasteiger partial charge < -0.3 is 9.84 Å². The SMILES string of the molecule is Fc1cc(F)cc(-c2nc(CNC3CC3)no2)c1. The van der Waals surface area contributed by atoms with Crippen LogP contribution in [0.4, 0.5) is 8.78 Å². The molecule has 0 radical (unpaired) electrons. The fourth-order valence-electron chi connectivity index (χ4n) is 1.64. The van der Waals surface area contributed by atoms with E-state index >= 15 is 0 Å². The largest absolute Gasteiger partial charge is 0.334 e. The quantitative estimate of drug-likeness (QED) is 0.905. The van der Waals surface area contributed by atoms with E-state index < -0.39 is 11.6 Å². The zero-order valence-electron chi connectivity index (χ0n) is 9.49. The third-order valence-electron chi connectivity index (χ3n) is 2.70. The van der Waals surface area contributed by atoms with Gasteiger partial charge in [0.15, 0.2) is 5.82 Å². The Labute approximate surface area is 102 Å². The zero-order chi connectivity index (χ0) is 12.5. The molecule has 1 fully saturated rings. The van der Waals surface area contributed by atoms with Gasteiger partial charge in [-0.05, 0) is 25.0 Å². The Hall–Kier alpha value is -1.82. The van der Waals surface area contributed by atoms with Gasteiger partial charge in [0.25, 0.3) is 5.89 Å². The number of hydrogen-bond donors (Lipinski definition) is 1. The highest BCUT2D eigenvalue weighted by atomic mass is 19.1. The lowest BCUT2D eigenvalue weighted by atomic mass is 10.2. The lowest BCUT2D eigenvalue weighted by Gasteiger charge is -1.96. The average molecular weight is 251 g/mol. The lowest BCUT2D eigenvalue weighted by molar-refractivity contribution is 0.418. The first-order chi connectivity index (χ1) is 8.70. The Morgan fingerprint density at radius 3 is 2.61 bits per heavy atom. The van der Waals surface area contributed by atoms with Crippen LogP contribution < -0.4 is 5.32 Å². The van der Waals surface area contributed by atoms with Gasteiger partial charge in [-0.25, -0.2) is 8.78 Å². The molecule has 2 aromatic rings. The maximum Gasteiger partial charge on any atom is 0.258 e. The summed E-state index contributed by atoms with van der Waals surface area (Å²) in [5.41, 5.74) is 0.248. The molecule has 3 rings (SSSR count). The second-order valence-electron chi connectivity index (χ2n) is 4.33. The van der Waals surface area contributed by atoms with E-state index in [9.17, 15) is 8.78 Å². The third kappa shape index (κ3) is 2.53. The van der Waals surface area contributed by atoms with E-state index in [-0.39, 0.29) is 11.5 Å². The van der Waals surface area contributed by atoms with Crippen molar-refractivity contribution in [3.8, 4) is 11.5 Å². The van der Waals surface area contributed by atoms with Crippen LogP contribution in [0.25, 0.3) is 11.5 Å². The molecule has 1 N–H and O–H groups in total. The maximum absolute atomic E-state index is 13.0. The van der Waals surface area contributed by atoms with Gasteiger partial charge >= 0.3 is 0 Å². The average Bonchev–Trinajstić information content (AvgIpc) is 3.02. The van der Waals surface area contributed by atoms with Crippen molar-refractivity contribution in [3.05, 3.63) is 35.7 Å². The van der Waals surface area contributed by atoms with Gasteiger partial charge in [0.2, 0.25) is 0 Å². The molecule has 0 amide bonds. The molecule has 0 aliphatic heterocycles. The minimum atomic E-state index is -0.666. The molecule has 18 heavy (non-hydrogen) atoms. The third-order valence-corrected chi connectivity index (χ3v) is 2.70. The molecular weight excluding hydrogens is 240 g/mol. The van der Waals surface area contributed by atoms with E-state index in [4.69, 9.17) is 4.52 Å². The van der Waals surface area contributed by atoms with Crippen molar-refractivity contribution >= 4 is 0 Å². The molecule has 0 saturated heterocycles. The minimum Gasteiger partial charge on any atom is -0.334 e. The molecule has 1 saturated carbocycles. The van der Waals surface area contributed by atoms with Gasteiger partial charge in [-0.3, -0.25) is 0 Å². The van der Waals surface area contributed by atoms with Gasteiger partial charge in [0, 0.05) is 17.7 Å². The predicted octanol–water partition coefficient (Wildman–Crippen LogP) is 2.27. The van der Waals surface area contributed by atoms with E-state index in [1.54, 1.807) is 0 Å². The molecule has 4 nitrogen and oxygen atoms in total. The van der Waals surface area contributed by atoms with E-state index in [1.165, 1.54) is 12.8 Å². The number of halogens is 2. The highest BCUT2D eigenvalue weighted by molar-refractivity contribution is 5.52. The summed E-state index contributed by atoms with van der Waals surface area (Å²) in [6, 6.07) is 3.66. The van der Waals surface area contributed by atoms with Crippen LogP contribution in [0.3, 0.4) is 0 Å². The fourth-order valence-corrected chi connectivity index (χ4v) is 1.64. The smallest absolute Gasteiger partial charge is 0.258 e. The molecule has 1 heterocycles. The predicted molar refractivity (Wildman–Crippen MR) is 59.5 cm³/mol. The molecule has 1 aliphatic carbocycles. The Bertz CT molecular complexity index is 546. The van der Waals surface area contributed by atoms with E-state index in [1.807, 2.05) is 0 Å². The molecular formula is C12H11F2N3O. The second-order valence-corrected chi connectivity index (χ2v) is 4.33. The van der Waals surface area contributed by atoms with Crippen molar-refractivity contribution in [1.29, 1.82) is 0 Å². The molecule has 0 unspecified atom stereocenters. The molecule has 94 valence electrons. The molecule has 1 aromatic heterocycles. The summed E-state index contributed by atoms with van der Waals surface area (Å²) in [4.78, 5) is 4.09. The number of benzene rings is 1. The zero-order valence-corrected chi connectivity index (χ0v) is 9.49. The van der Waals surface area contributed by atoms with E-state index in [0.717, 1.165) is 18.2 Å². The Morgan fingerprint density at radius 1 is 1.22 bits per heavy atom. The normalized spacial score (nSPS) is 15.0. The number of nitrogens with zero attached hydrogens (tertiary/aromatic N) is 2. The van der Waals surface area contributed by atoms with Crippen molar-refractivity contribution in [1.82, 2.24) is 15.5 Å². The van der Waals surface area contributed by atoms with Crippen molar-refractivity contribution < 1.29 is 13.3 Å². The van der Waals surface area contributed by atoms with Crippen LogP contribution in [-0.4, -0.2) is 16.2 Å². The van der Waals surface area contributed by atoms with Crippen LogP contribution in [0.1, 0.15) is 18.7 Å². The first-order valence-corrected chi connectivity index (χ1v) is 5.73. The summed E-state index contributed by atoms with van der Waals surface area (Å²) >= 11 is 0. The van der Waals surface area contributed by atoms with Crippen molar-refractivity contribution in [2.75, 3.05) is 0 Å². The summed E-state index contributed by atoms with van der Waals surface area (Å²) < 4.78 is 31.1. The summed E-state index contributed by atoms with van der Waals surface area (Å²) in [7, 11) is 0. The monoisotopic (exact) mass is 251 g/mol. The van der Waals surface area contributed by atoms with Crippen LogP contribution in [0, 0.1) is 11.6 Å². The fraction of sp³-hybridized carbons (Fsp3) is 0.333. The highest BCUT2D eigenvalue weighted by Crippen LogP contribution is 2.21. The minimum absolute atomic E-state index is 0.126. The van der Waals surface area contributed by atoms with Gasteiger partial charge in [0.1, 0.15) is 11.6 Å². The molecule has 1 aromatic carbocycles. The van der Waals surface area contributed by atoms with Crippen LogP contribution in [0.2, 0.25) is 0 Å². The second kappa shape index (κ2) is 4.45. The van der Waals surface area contributed by atoms with Crippen molar-refractivity contribution in [2.24, 2.45) is 0 Å². The van der Waals surface area contributed by atoms with Gasteiger partial charge in [-0.15, -0.1) is 0 Å². The molecule has 0 atom stereocenters. The van der Waals surface area contributed by atoms with Crippen molar-refractivity contribution in [3.63, 3.8) is 0 Å². The summed E-state index contributed by atoms with van der Waals surface area (Å²) in [6.07, 6.45) is 2.33. The first-order valence-electron chi connectivity index (χ1n) is 5.73. The van der Waals surface area contributed by atoms with Crippen molar-refractivity contribution in [2.45, 2.75) is 25.4 Å². The van der Waals surface area contributed by atoms with Crippen LogP contribution in [-0.2, 0) is 6.54 Å². The Kier molecular flexibility index (Phi) is 2.79. The summed E-state index contributed by atoms with van der Waals surface area (Å²) in [6.45, 7) is 0.506. The number of hydrogen-bond acceptors (Lipinski definition) is 4. The highest BCUT2D eigenvalue weighted by Gasteiger charge is 2.21. The topological polar surface area (TPSA) is 51.0 Å². The van der Waals surface area contributed by atoms with Gasteiger partial charge in [-0.2, -0.15) is 4.98 Å². The van der Waals surface area contributed by atoms with Crippen LogP contribution in [0.5, 0.6) is 0 Å². The van der Waals surface area contributed by atoms with Crippen LogP contribution in [0.15, 0.2) is 22.7 Å². The Balaban J connectivity index is 1.78. The van der Waals surface area contributed by atoms with Crippen LogP contribution >= 0.6 is 0 Å². The number of rotatable bonds is 4. The standard InChI is InChI=1S/C12H11F2N3O/c13-8-3-7(4-9(14)5-8)12-16-11(17-18-12)6-15-10-1-2-10/h3-5,10,15H,1-2,6H2. The summed E-state index contributed by atoms with van der Waals surface area (Å²) in [5.74, 6) is -0.718. The Morgan fingerprint density at radius 2 is 1.94 bits per heavy atom. The van der Waals surface area contributed by atoms with Gasteiger partial charge in [0.05, 0.1) is 6.54 Å². The molecule has 0 bridgehead atoms. The first kappa shape index (κ1) is 11.3. The lowest BCUT2D eigenvalue weighted by Crippen LogP contribution is -2.16. The summed E-state index contributed by atoms with van der Waals surface area (Å²) in [5, 5.41) is 6.99. The molecule has 6 heteroatoms. The van der Waals surface area contributed by atoms with Gasteiger partial charge in [-0.1, -0.05) is 5.16 Å².